The van der Waals surface area contributed by atoms with Crippen LogP contribution in [-0.2, 0) is 12.0 Å². The van der Waals surface area contributed by atoms with E-state index in [0.717, 1.165) is 55.5 Å². The van der Waals surface area contributed by atoms with E-state index in [-0.39, 0.29) is 5.92 Å². The highest BCUT2D eigenvalue weighted by Gasteiger charge is 2.41. The lowest BCUT2D eigenvalue weighted by Gasteiger charge is -2.37. The molecule has 0 bridgehead atoms. The molecule has 3 heteroatoms. The minimum Gasteiger partial charge on any atom is -0.385 e. The van der Waals surface area contributed by atoms with E-state index in [1.807, 2.05) is 13.1 Å². The first-order chi connectivity index (χ1) is 12.0. The lowest BCUT2D eigenvalue weighted by Crippen LogP contribution is -2.34. The first-order valence-corrected chi connectivity index (χ1v) is 9.39. The smallest absolute Gasteiger partial charge is 0.0968 e. The van der Waals surface area contributed by atoms with Crippen LogP contribution in [0.25, 0.3) is 0 Å². The number of pyridine rings is 1. The third-order valence-electron chi connectivity index (χ3n) is 5.50. The summed E-state index contributed by atoms with van der Waals surface area (Å²) in [6.07, 6.45) is 6.87. The Morgan fingerprint density at radius 1 is 1.20 bits per heavy atom. The maximum atomic E-state index is 12.0. The average molecular weight is 338 g/mol. The molecular weight excluding hydrogens is 308 g/mol. The second-order valence-corrected chi connectivity index (χ2v) is 7.67. The maximum absolute atomic E-state index is 12.0. The molecule has 0 amide bonds. The van der Waals surface area contributed by atoms with Gasteiger partial charge in [-0.1, -0.05) is 30.3 Å². The van der Waals surface area contributed by atoms with Crippen molar-refractivity contribution in [1.82, 2.24) is 9.88 Å². The molecule has 3 nitrogen and oxygen atoms in total. The van der Waals surface area contributed by atoms with Crippen LogP contribution in [0.4, 0.5) is 0 Å². The van der Waals surface area contributed by atoms with Gasteiger partial charge in [-0.05, 0) is 82.4 Å². The third kappa shape index (κ3) is 3.94. The molecule has 0 saturated carbocycles. The molecule has 134 valence electrons. The van der Waals surface area contributed by atoms with Crippen LogP contribution in [0.1, 0.15) is 54.0 Å². The van der Waals surface area contributed by atoms with Crippen molar-refractivity contribution in [1.29, 1.82) is 0 Å². The van der Waals surface area contributed by atoms with E-state index in [1.54, 1.807) is 0 Å². The first-order valence-electron chi connectivity index (χ1n) is 9.39. The summed E-state index contributed by atoms with van der Waals surface area (Å²) in [4.78, 5) is 6.68. The van der Waals surface area contributed by atoms with Crippen molar-refractivity contribution in [3.63, 3.8) is 0 Å². The number of aryl methyl sites for hydroxylation is 2. The van der Waals surface area contributed by atoms with Crippen LogP contribution in [0.15, 0.2) is 42.6 Å². The molecule has 1 aromatic carbocycles. The monoisotopic (exact) mass is 338 g/mol. The minimum absolute atomic E-state index is 0.103. The third-order valence-corrected chi connectivity index (χ3v) is 5.50. The van der Waals surface area contributed by atoms with Crippen molar-refractivity contribution in [2.45, 2.75) is 50.5 Å². The number of hydrogen-bond donors (Lipinski definition) is 1. The summed E-state index contributed by atoms with van der Waals surface area (Å²) in [5.74, 6) is 0.103. The quantitative estimate of drug-likeness (QED) is 0.836. The van der Waals surface area contributed by atoms with E-state index in [9.17, 15) is 5.11 Å². The minimum atomic E-state index is -0.819. The molecule has 0 radical (unpaired) electrons. The van der Waals surface area contributed by atoms with Gasteiger partial charge in [0.1, 0.15) is 0 Å². The first kappa shape index (κ1) is 18.1. The highest BCUT2D eigenvalue weighted by atomic mass is 16.3. The number of nitrogens with zero attached hydrogens (tertiary/aromatic N) is 2. The Balaban J connectivity index is 2.00. The highest BCUT2D eigenvalue weighted by molar-refractivity contribution is 5.38. The van der Waals surface area contributed by atoms with E-state index in [4.69, 9.17) is 0 Å². The predicted molar refractivity (Wildman–Crippen MR) is 103 cm³/mol. The number of aliphatic hydroxyl groups is 1. The summed E-state index contributed by atoms with van der Waals surface area (Å²) >= 11 is 0. The fourth-order valence-electron chi connectivity index (χ4n) is 4.19. The Morgan fingerprint density at radius 2 is 2.00 bits per heavy atom. The molecule has 0 spiro atoms. The second-order valence-electron chi connectivity index (χ2n) is 7.67. The maximum Gasteiger partial charge on any atom is 0.0968 e. The molecule has 1 N–H and O–H groups in total. The predicted octanol–water partition coefficient (Wildman–Crippen LogP) is 4.04. The fraction of sp³-hybridized carbons (Fsp3) is 0.500. The van der Waals surface area contributed by atoms with Gasteiger partial charge in [-0.15, -0.1) is 0 Å². The summed E-state index contributed by atoms with van der Waals surface area (Å²) in [7, 11) is 4.18. The summed E-state index contributed by atoms with van der Waals surface area (Å²) in [5, 5.41) is 12.0. The highest BCUT2D eigenvalue weighted by Crippen LogP contribution is 2.46. The number of fused-ring (bicyclic) bond motifs is 1. The molecule has 25 heavy (non-hydrogen) atoms. The van der Waals surface area contributed by atoms with Crippen molar-refractivity contribution in [2.75, 3.05) is 20.6 Å². The molecule has 1 aliphatic rings. The fourth-order valence-corrected chi connectivity index (χ4v) is 4.19. The summed E-state index contributed by atoms with van der Waals surface area (Å²) in [5.41, 5.74) is 3.79. The van der Waals surface area contributed by atoms with Crippen LogP contribution >= 0.6 is 0 Å². The summed E-state index contributed by atoms with van der Waals surface area (Å²) in [6.45, 7) is 3.00. The topological polar surface area (TPSA) is 36.4 Å². The van der Waals surface area contributed by atoms with Crippen molar-refractivity contribution in [3.8, 4) is 0 Å². The average Bonchev–Trinajstić information content (AvgIpc) is 2.73. The van der Waals surface area contributed by atoms with Crippen LogP contribution in [0.3, 0.4) is 0 Å². The number of benzene rings is 1. The molecule has 2 aromatic rings. The van der Waals surface area contributed by atoms with Crippen molar-refractivity contribution >= 4 is 0 Å². The van der Waals surface area contributed by atoms with Gasteiger partial charge >= 0.3 is 0 Å². The van der Waals surface area contributed by atoms with Gasteiger partial charge in [0.05, 0.1) is 5.60 Å². The van der Waals surface area contributed by atoms with Crippen LogP contribution < -0.4 is 0 Å². The van der Waals surface area contributed by atoms with Gasteiger partial charge in [0.15, 0.2) is 0 Å². The van der Waals surface area contributed by atoms with E-state index in [1.165, 1.54) is 5.56 Å². The van der Waals surface area contributed by atoms with E-state index >= 15 is 0 Å². The lowest BCUT2D eigenvalue weighted by atomic mass is 9.73. The Bertz CT molecular complexity index is 695. The number of rotatable bonds is 5. The molecule has 0 fully saturated rings. The van der Waals surface area contributed by atoms with Gasteiger partial charge in [0, 0.05) is 17.8 Å². The molecule has 0 saturated heterocycles. The molecule has 1 aromatic heterocycles. The standard InChI is InChI=1S/C22H30N2O/c1-17-12-13-19(16-23-17)21-11-6-9-18-8-4-5-10-20(18)22(21,25)14-7-15-24(2)3/h4-5,8,10,12-13,16,21,25H,6-7,9,11,14-15H2,1-3H3/t21-,22-/m0/s1. The summed E-state index contributed by atoms with van der Waals surface area (Å²) < 4.78 is 0. The molecule has 0 unspecified atom stereocenters. The summed E-state index contributed by atoms with van der Waals surface area (Å²) in [6, 6.07) is 12.7. The lowest BCUT2D eigenvalue weighted by molar-refractivity contribution is -0.00615. The van der Waals surface area contributed by atoms with E-state index < -0.39 is 5.60 Å². The molecule has 0 aliphatic heterocycles. The number of aromatic nitrogens is 1. The van der Waals surface area contributed by atoms with Crippen LogP contribution in [0, 0.1) is 6.92 Å². The molecule has 1 heterocycles. The normalized spacial score (nSPS) is 23.3. The molecule has 3 rings (SSSR count). The van der Waals surface area contributed by atoms with Gasteiger partial charge in [-0.25, -0.2) is 0 Å². The van der Waals surface area contributed by atoms with Gasteiger partial charge in [0.25, 0.3) is 0 Å². The number of hydrogen-bond acceptors (Lipinski definition) is 3. The SMILES string of the molecule is Cc1ccc([C@@H]2CCCc3ccccc3[C@@]2(O)CCCN(C)C)cn1. The Kier molecular flexibility index (Phi) is 5.55. The Hall–Kier alpha value is -1.71. The van der Waals surface area contributed by atoms with Gasteiger partial charge in [-0.2, -0.15) is 0 Å². The van der Waals surface area contributed by atoms with Gasteiger partial charge in [-0.3, -0.25) is 4.98 Å². The van der Waals surface area contributed by atoms with Crippen molar-refractivity contribution < 1.29 is 5.11 Å². The Morgan fingerprint density at radius 3 is 2.72 bits per heavy atom. The van der Waals surface area contributed by atoms with Crippen molar-refractivity contribution in [3.05, 3.63) is 65.0 Å². The van der Waals surface area contributed by atoms with E-state index in [2.05, 4.69) is 60.4 Å². The van der Waals surface area contributed by atoms with Crippen LogP contribution in [0.2, 0.25) is 0 Å². The van der Waals surface area contributed by atoms with E-state index in [0.29, 0.717) is 0 Å². The van der Waals surface area contributed by atoms with Gasteiger partial charge < -0.3 is 10.0 Å². The zero-order chi connectivity index (χ0) is 17.9. The van der Waals surface area contributed by atoms with Crippen LogP contribution in [0.5, 0.6) is 0 Å². The van der Waals surface area contributed by atoms with Crippen molar-refractivity contribution in [2.24, 2.45) is 0 Å². The largest absolute Gasteiger partial charge is 0.385 e. The molecule has 2 atom stereocenters. The zero-order valence-electron chi connectivity index (χ0n) is 15.7. The van der Waals surface area contributed by atoms with Gasteiger partial charge in [0.2, 0.25) is 0 Å². The Labute approximate surface area is 151 Å². The van der Waals surface area contributed by atoms with Crippen LogP contribution in [-0.4, -0.2) is 35.6 Å². The second kappa shape index (κ2) is 7.67. The molecule has 1 aliphatic carbocycles. The zero-order valence-corrected chi connectivity index (χ0v) is 15.7. The molecular formula is C22H30N2O.